The van der Waals surface area contributed by atoms with Crippen molar-refractivity contribution in [3.8, 4) is 0 Å². The van der Waals surface area contributed by atoms with Crippen LogP contribution in [0.25, 0.3) is 0 Å². The summed E-state index contributed by atoms with van der Waals surface area (Å²) in [5, 5.41) is 0. The molecule has 0 saturated carbocycles. The Bertz CT molecular complexity index is 491. The summed E-state index contributed by atoms with van der Waals surface area (Å²) >= 11 is 0. The molecule has 0 bridgehead atoms. The molecule has 110 valence electrons. The summed E-state index contributed by atoms with van der Waals surface area (Å²) < 4.78 is 49.1. The van der Waals surface area contributed by atoms with Gasteiger partial charge >= 0.3 is 12.1 Å². The van der Waals surface area contributed by atoms with Gasteiger partial charge in [0.2, 0.25) is 0 Å². The third-order valence-corrected chi connectivity index (χ3v) is 3.44. The van der Waals surface area contributed by atoms with Crippen molar-refractivity contribution < 1.29 is 27.4 Å². The van der Waals surface area contributed by atoms with E-state index in [1.807, 2.05) is 0 Å². The quantitative estimate of drug-likeness (QED) is 0.783. The van der Waals surface area contributed by atoms with Gasteiger partial charge in [-0.3, -0.25) is 0 Å². The molecule has 1 aliphatic heterocycles. The van der Waals surface area contributed by atoms with Gasteiger partial charge in [-0.15, -0.1) is 0 Å². The third kappa shape index (κ3) is 3.12. The van der Waals surface area contributed by atoms with Gasteiger partial charge < -0.3 is 9.47 Å². The molecule has 0 radical (unpaired) electrons. The normalized spacial score (nSPS) is 17.0. The molecule has 1 fully saturated rings. The van der Waals surface area contributed by atoms with Crippen LogP contribution in [0.1, 0.15) is 40.2 Å². The predicted molar refractivity (Wildman–Crippen MR) is 65.6 cm³/mol. The highest BCUT2D eigenvalue weighted by Crippen LogP contribution is 2.39. The Kier molecular flexibility index (Phi) is 4.32. The van der Waals surface area contributed by atoms with E-state index >= 15 is 0 Å². The minimum absolute atomic E-state index is 0.0874. The SMILES string of the molecule is COC(=O)c1ccc(C2CCOCC2)c(C(F)(F)F)c1. The molecule has 1 saturated heterocycles. The molecule has 0 aliphatic carbocycles. The van der Waals surface area contributed by atoms with Crippen LogP contribution in [-0.4, -0.2) is 26.3 Å². The molecular formula is C14H15F3O3. The maximum atomic E-state index is 13.2. The van der Waals surface area contributed by atoms with Crippen LogP contribution in [0.4, 0.5) is 13.2 Å². The molecule has 3 nitrogen and oxygen atoms in total. The van der Waals surface area contributed by atoms with Crippen LogP contribution in [0.15, 0.2) is 18.2 Å². The van der Waals surface area contributed by atoms with Crippen molar-refractivity contribution >= 4 is 5.97 Å². The first kappa shape index (κ1) is 14.8. The fourth-order valence-corrected chi connectivity index (χ4v) is 2.41. The minimum atomic E-state index is -4.49. The highest BCUT2D eigenvalue weighted by molar-refractivity contribution is 5.89. The van der Waals surface area contributed by atoms with E-state index in [2.05, 4.69) is 4.74 Å². The van der Waals surface area contributed by atoms with Crippen LogP contribution in [-0.2, 0) is 15.7 Å². The van der Waals surface area contributed by atoms with E-state index in [4.69, 9.17) is 4.74 Å². The molecule has 1 heterocycles. The molecule has 6 heteroatoms. The number of carbonyl (C=O) groups is 1. The van der Waals surface area contributed by atoms with Crippen molar-refractivity contribution in [2.45, 2.75) is 24.9 Å². The number of ether oxygens (including phenoxy) is 2. The van der Waals surface area contributed by atoms with E-state index in [1.165, 1.54) is 12.1 Å². The van der Waals surface area contributed by atoms with Crippen molar-refractivity contribution in [1.29, 1.82) is 0 Å². The maximum Gasteiger partial charge on any atom is 0.416 e. The van der Waals surface area contributed by atoms with E-state index in [-0.39, 0.29) is 17.0 Å². The number of hydrogen-bond acceptors (Lipinski definition) is 3. The number of methoxy groups -OCH3 is 1. The lowest BCUT2D eigenvalue weighted by Gasteiger charge is -2.25. The second-order valence-corrected chi connectivity index (χ2v) is 4.68. The Morgan fingerprint density at radius 2 is 1.95 bits per heavy atom. The molecule has 0 atom stereocenters. The molecule has 2 rings (SSSR count). The van der Waals surface area contributed by atoms with Crippen LogP contribution in [0.3, 0.4) is 0 Å². The van der Waals surface area contributed by atoms with Crippen molar-refractivity contribution in [2.24, 2.45) is 0 Å². The van der Waals surface area contributed by atoms with Crippen LogP contribution in [0, 0.1) is 0 Å². The molecular weight excluding hydrogens is 273 g/mol. The first-order valence-corrected chi connectivity index (χ1v) is 6.30. The summed E-state index contributed by atoms with van der Waals surface area (Å²) in [4.78, 5) is 11.4. The Labute approximate surface area is 114 Å². The summed E-state index contributed by atoms with van der Waals surface area (Å²) in [6, 6.07) is 3.63. The van der Waals surface area contributed by atoms with E-state index < -0.39 is 17.7 Å². The van der Waals surface area contributed by atoms with Gasteiger partial charge in [0.25, 0.3) is 0 Å². The lowest BCUT2D eigenvalue weighted by atomic mass is 9.87. The number of alkyl halides is 3. The highest BCUT2D eigenvalue weighted by Gasteiger charge is 2.36. The van der Waals surface area contributed by atoms with Crippen LogP contribution < -0.4 is 0 Å². The van der Waals surface area contributed by atoms with E-state index in [0.717, 1.165) is 13.2 Å². The molecule has 1 aromatic carbocycles. The Balaban J connectivity index is 2.42. The fourth-order valence-electron chi connectivity index (χ4n) is 2.41. The van der Waals surface area contributed by atoms with Gasteiger partial charge in [-0.05, 0) is 36.5 Å². The summed E-state index contributed by atoms with van der Waals surface area (Å²) in [6.07, 6.45) is -3.38. The van der Waals surface area contributed by atoms with Crippen LogP contribution >= 0.6 is 0 Å². The van der Waals surface area contributed by atoms with Gasteiger partial charge in [0, 0.05) is 13.2 Å². The van der Waals surface area contributed by atoms with Crippen LogP contribution in [0.5, 0.6) is 0 Å². The number of halogens is 3. The molecule has 20 heavy (non-hydrogen) atoms. The lowest BCUT2D eigenvalue weighted by molar-refractivity contribution is -0.138. The van der Waals surface area contributed by atoms with Gasteiger partial charge in [0.15, 0.2) is 0 Å². The lowest BCUT2D eigenvalue weighted by Crippen LogP contribution is -2.19. The fraction of sp³-hybridized carbons (Fsp3) is 0.500. The van der Waals surface area contributed by atoms with E-state index in [9.17, 15) is 18.0 Å². The number of carbonyl (C=O) groups excluding carboxylic acids is 1. The first-order chi connectivity index (χ1) is 9.43. The first-order valence-electron chi connectivity index (χ1n) is 6.30. The molecule has 0 aromatic heterocycles. The molecule has 0 unspecified atom stereocenters. The zero-order valence-corrected chi connectivity index (χ0v) is 11.0. The van der Waals surface area contributed by atoms with Gasteiger partial charge in [-0.25, -0.2) is 4.79 Å². The highest BCUT2D eigenvalue weighted by atomic mass is 19.4. The van der Waals surface area contributed by atoms with Gasteiger partial charge in [0.1, 0.15) is 0 Å². The molecule has 0 spiro atoms. The number of benzene rings is 1. The second-order valence-electron chi connectivity index (χ2n) is 4.68. The summed E-state index contributed by atoms with van der Waals surface area (Å²) in [7, 11) is 1.14. The van der Waals surface area contributed by atoms with Crippen molar-refractivity contribution in [1.82, 2.24) is 0 Å². The number of rotatable bonds is 2. The van der Waals surface area contributed by atoms with Gasteiger partial charge in [0.05, 0.1) is 18.2 Å². The zero-order chi connectivity index (χ0) is 14.8. The Morgan fingerprint density at radius 3 is 2.50 bits per heavy atom. The summed E-state index contributed by atoms with van der Waals surface area (Å²) in [6.45, 7) is 0.918. The predicted octanol–water partition coefficient (Wildman–Crippen LogP) is 3.39. The van der Waals surface area contributed by atoms with E-state index in [1.54, 1.807) is 0 Å². The number of esters is 1. The zero-order valence-electron chi connectivity index (χ0n) is 11.0. The van der Waals surface area contributed by atoms with Gasteiger partial charge in [-0.1, -0.05) is 6.07 Å². The van der Waals surface area contributed by atoms with Crippen molar-refractivity contribution in [2.75, 3.05) is 20.3 Å². The summed E-state index contributed by atoms with van der Waals surface area (Å²) in [5.41, 5.74) is -0.614. The average Bonchev–Trinajstić information content (AvgIpc) is 2.46. The number of hydrogen-bond donors (Lipinski definition) is 0. The Hall–Kier alpha value is -1.56. The van der Waals surface area contributed by atoms with Gasteiger partial charge in [-0.2, -0.15) is 13.2 Å². The van der Waals surface area contributed by atoms with Crippen LogP contribution in [0.2, 0.25) is 0 Å². The largest absolute Gasteiger partial charge is 0.465 e. The summed E-state index contributed by atoms with van der Waals surface area (Å²) in [5.74, 6) is -0.957. The smallest absolute Gasteiger partial charge is 0.416 e. The minimum Gasteiger partial charge on any atom is -0.465 e. The second kappa shape index (κ2) is 5.83. The topological polar surface area (TPSA) is 35.5 Å². The average molecular weight is 288 g/mol. The molecule has 1 aromatic rings. The monoisotopic (exact) mass is 288 g/mol. The Morgan fingerprint density at radius 1 is 1.30 bits per heavy atom. The molecule has 1 aliphatic rings. The van der Waals surface area contributed by atoms with E-state index in [0.29, 0.717) is 26.1 Å². The maximum absolute atomic E-state index is 13.2. The standard InChI is InChI=1S/C14H15F3O3/c1-19-13(18)10-2-3-11(9-4-6-20-7-5-9)12(8-10)14(15,16)17/h2-3,8-9H,4-7H2,1H3. The third-order valence-electron chi connectivity index (χ3n) is 3.44. The van der Waals surface area contributed by atoms with Crippen molar-refractivity contribution in [3.05, 3.63) is 34.9 Å². The van der Waals surface area contributed by atoms with Crippen molar-refractivity contribution in [3.63, 3.8) is 0 Å². The molecule has 0 N–H and O–H groups in total. The molecule has 0 amide bonds.